The van der Waals surface area contributed by atoms with E-state index < -0.39 is 42.7 Å². The van der Waals surface area contributed by atoms with Crippen LogP contribution < -0.4 is 0 Å². The minimum Gasteiger partial charge on any atom is -0.481 e. The van der Waals surface area contributed by atoms with Crippen molar-refractivity contribution in [3.05, 3.63) is 0 Å². The highest BCUT2D eigenvalue weighted by atomic mass is 19.1. The van der Waals surface area contributed by atoms with Gasteiger partial charge in [-0.25, -0.2) is 0 Å². The standard InChI is InChI=1S/C14H24F2O4/c1-14(2,3)20-13(19)11(7-5-9-16)10(12(17)18)6-4-8-15/h10-11H,4-9H2,1-3H3,(H,17,18)/t10-,11-/m1/s1. The minimum absolute atomic E-state index is 0.0437. The van der Waals surface area contributed by atoms with Crippen LogP contribution in [0.2, 0.25) is 0 Å². The molecular weight excluding hydrogens is 270 g/mol. The average molecular weight is 294 g/mol. The molecule has 20 heavy (non-hydrogen) atoms. The summed E-state index contributed by atoms with van der Waals surface area (Å²) >= 11 is 0. The summed E-state index contributed by atoms with van der Waals surface area (Å²) in [5.41, 5.74) is -0.742. The third-order valence-electron chi connectivity index (χ3n) is 2.81. The summed E-state index contributed by atoms with van der Waals surface area (Å²) < 4.78 is 29.7. The largest absolute Gasteiger partial charge is 0.481 e. The summed E-state index contributed by atoms with van der Waals surface area (Å²) in [6.45, 7) is 3.75. The molecule has 2 atom stereocenters. The van der Waals surface area contributed by atoms with Crippen LogP contribution in [0.1, 0.15) is 46.5 Å². The summed E-state index contributed by atoms with van der Waals surface area (Å²) in [5, 5.41) is 9.19. The van der Waals surface area contributed by atoms with Crippen LogP contribution in [0.3, 0.4) is 0 Å². The molecule has 0 heterocycles. The van der Waals surface area contributed by atoms with Crippen molar-refractivity contribution in [2.24, 2.45) is 11.8 Å². The maximum atomic E-state index is 12.3. The molecule has 0 radical (unpaired) electrons. The summed E-state index contributed by atoms with van der Waals surface area (Å²) in [6.07, 6.45) is 0.284. The van der Waals surface area contributed by atoms with E-state index in [-0.39, 0.29) is 25.7 Å². The predicted molar refractivity (Wildman–Crippen MR) is 70.9 cm³/mol. The van der Waals surface area contributed by atoms with Crippen LogP contribution in [0.15, 0.2) is 0 Å². The first-order chi connectivity index (χ1) is 9.22. The lowest BCUT2D eigenvalue weighted by molar-refractivity contribution is -0.167. The molecule has 0 aromatic heterocycles. The Hall–Kier alpha value is -1.20. The zero-order chi connectivity index (χ0) is 15.8. The molecule has 0 aliphatic carbocycles. The number of carbonyl (C=O) groups is 2. The number of carbonyl (C=O) groups excluding carboxylic acids is 1. The molecule has 0 spiro atoms. The van der Waals surface area contributed by atoms with Crippen LogP contribution in [0.5, 0.6) is 0 Å². The zero-order valence-electron chi connectivity index (χ0n) is 12.3. The van der Waals surface area contributed by atoms with Crippen molar-refractivity contribution in [3.8, 4) is 0 Å². The predicted octanol–water partition coefficient (Wildman–Crippen LogP) is 3.14. The van der Waals surface area contributed by atoms with E-state index in [1.54, 1.807) is 20.8 Å². The summed E-state index contributed by atoms with van der Waals surface area (Å²) in [4.78, 5) is 23.3. The normalized spacial score (nSPS) is 14.7. The molecule has 0 saturated heterocycles. The van der Waals surface area contributed by atoms with Crippen LogP contribution in [-0.4, -0.2) is 36.0 Å². The summed E-state index contributed by atoms with van der Waals surface area (Å²) in [7, 11) is 0. The number of hydrogen-bond acceptors (Lipinski definition) is 3. The second kappa shape index (κ2) is 8.87. The van der Waals surface area contributed by atoms with Gasteiger partial charge in [-0.15, -0.1) is 0 Å². The lowest BCUT2D eigenvalue weighted by atomic mass is 9.85. The van der Waals surface area contributed by atoms with Crippen molar-refractivity contribution < 1.29 is 28.2 Å². The first kappa shape index (κ1) is 18.8. The van der Waals surface area contributed by atoms with Crippen molar-refractivity contribution in [1.29, 1.82) is 0 Å². The van der Waals surface area contributed by atoms with Crippen LogP contribution in [0.25, 0.3) is 0 Å². The Morgan fingerprint density at radius 1 is 1.05 bits per heavy atom. The fourth-order valence-electron chi connectivity index (χ4n) is 1.95. The molecule has 118 valence electrons. The van der Waals surface area contributed by atoms with E-state index in [0.29, 0.717) is 0 Å². The molecule has 1 N–H and O–H groups in total. The van der Waals surface area contributed by atoms with Gasteiger partial charge in [-0.2, -0.15) is 0 Å². The van der Waals surface area contributed by atoms with Gasteiger partial charge in [-0.3, -0.25) is 18.4 Å². The van der Waals surface area contributed by atoms with E-state index in [4.69, 9.17) is 4.74 Å². The molecule has 4 nitrogen and oxygen atoms in total. The van der Waals surface area contributed by atoms with Gasteiger partial charge in [0, 0.05) is 0 Å². The number of alkyl halides is 2. The van der Waals surface area contributed by atoms with E-state index in [9.17, 15) is 23.5 Å². The summed E-state index contributed by atoms with van der Waals surface area (Å²) in [5.74, 6) is -3.80. The number of carboxylic acids is 1. The van der Waals surface area contributed by atoms with Gasteiger partial charge in [0.1, 0.15) is 5.60 Å². The maximum absolute atomic E-state index is 12.3. The monoisotopic (exact) mass is 294 g/mol. The lowest BCUT2D eigenvalue weighted by Gasteiger charge is -2.27. The Morgan fingerprint density at radius 2 is 1.50 bits per heavy atom. The maximum Gasteiger partial charge on any atom is 0.310 e. The Bertz CT molecular complexity index is 313. The molecule has 0 aromatic carbocycles. The molecular formula is C14H24F2O4. The Labute approximate surface area is 118 Å². The Morgan fingerprint density at radius 3 is 1.85 bits per heavy atom. The SMILES string of the molecule is CC(C)(C)OC(=O)[C@H](CCCF)[C@@H](CCCF)C(=O)O. The van der Waals surface area contributed by atoms with E-state index in [2.05, 4.69) is 0 Å². The first-order valence-electron chi connectivity index (χ1n) is 6.80. The quantitative estimate of drug-likeness (QED) is 0.663. The van der Waals surface area contributed by atoms with E-state index in [0.717, 1.165) is 0 Å². The third kappa shape index (κ3) is 7.40. The summed E-state index contributed by atoms with van der Waals surface area (Å²) in [6, 6.07) is 0. The minimum atomic E-state index is -1.17. The lowest BCUT2D eigenvalue weighted by Crippen LogP contribution is -2.35. The van der Waals surface area contributed by atoms with Gasteiger partial charge in [-0.05, 0) is 46.5 Å². The van der Waals surface area contributed by atoms with E-state index >= 15 is 0 Å². The molecule has 0 aliphatic heterocycles. The third-order valence-corrected chi connectivity index (χ3v) is 2.81. The second-order valence-electron chi connectivity index (χ2n) is 5.75. The molecule has 0 amide bonds. The molecule has 0 rings (SSSR count). The number of rotatable bonds is 9. The Balaban J connectivity index is 4.97. The van der Waals surface area contributed by atoms with Crippen molar-refractivity contribution in [1.82, 2.24) is 0 Å². The average Bonchev–Trinajstić information content (AvgIpc) is 2.30. The number of hydrogen-bond donors (Lipinski definition) is 1. The number of esters is 1. The van der Waals surface area contributed by atoms with Crippen molar-refractivity contribution in [3.63, 3.8) is 0 Å². The van der Waals surface area contributed by atoms with Gasteiger partial charge >= 0.3 is 11.9 Å². The van der Waals surface area contributed by atoms with Crippen LogP contribution in [0.4, 0.5) is 8.78 Å². The molecule has 0 bridgehead atoms. The van der Waals surface area contributed by atoms with Crippen LogP contribution >= 0.6 is 0 Å². The highest BCUT2D eigenvalue weighted by Crippen LogP contribution is 2.26. The Kier molecular flexibility index (Phi) is 8.34. The number of aliphatic carboxylic acids is 1. The second-order valence-corrected chi connectivity index (χ2v) is 5.75. The number of ether oxygens (including phenoxy) is 1. The molecule has 0 aliphatic rings. The number of halogens is 2. The van der Waals surface area contributed by atoms with Crippen molar-refractivity contribution >= 4 is 11.9 Å². The van der Waals surface area contributed by atoms with Gasteiger partial charge < -0.3 is 9.84 Å². The van der Waals surface area contributed by atoms with E-state index in [1.807, 2.05) is 0 Å². The molecule has 0 fully saturated rings. The van der Waals surface area contributed by atoms with Crippen molar-refractivity contribution in [2.45, 2.75) is 52.1 Å². The van der Waals surface area contributed by atoms with E-state index in [1.165, 1.54) is 0 Å². The van der Waals surface area contributed by atoms with Crippen LogP contribution in [-0.2, 0) is 14.3 Å². The molecule has 0 aromatic rings. The van der Waals surface area contributed by atoms with Gasteiger partial charge in [0.15, 0.2) is 0 Å². The zero-order valence-corrected chi connectivity index (χ0v) is 12.3. The molecule has 6 heteroatoms. The molecule has 0 unspecified atom stereocenters. The van der Waals surface area contributed by atoms with Gasteiger partial charge in [0.25, 0.3) is 0 Å². The number of carboxylic acid groups (broad SMARTS) is 1. The first-order valence-corrected chi connectivity index (χ1v) is 6.80. The van der Waals surface area contributed by atoms with Gasteiger partial charge in [0.2, 0.25) is 0 Å². The van der Waals surface area contributed by atoms with Crippen LogP contribution in [0, 0.1) is 11.8 Å². The highest BCUT2D eigenvalue weighted by Gasteiger charge is 2.35. The van der Waals surface area contributed by atoms with Gasteiger partial charge in [-0.1, -0.05) is 0 Å². The van der Waals surface area contributed by atoms with Gasteiger partial charge in [0.05, 0.1) is 25.2 Å². The molecule has 0 saturated carbocycles. The highest BCUT2D eigenvalue weighted by molar-refractivity contribution is 5.81. The van der Waals surface area contributed by atoms with Crippen molar-refractivity contribution in [2.75, 3.05) is 13.3 Å². The fraction of sp³-hybridized carbons (Fsp3) is 0.857. The fourth-order valence-corrected chi connectivity index (χ4v) is 1.95. The topological polar surface area (TPSA) is 63.6 Å². The smallest absolute Gasteiger partial charge is 0.310 e.